The maximum atomic E-state index is 12.7. The molecule has 1 aliphatic heterocycles. The van der Waals surface area contributed by atoms with Crippen LogP contribution in [0.4, 0.5) is 10.5 Å². The van der Waals surface area contributed by atoms with Crippen molar-refractivity contribution >= 4 is 61.7 Å². The average molecular weight is 535 g/mol. The lowest BCUT2D eigenvalue weighted by Crippen LogP contribution is -2.38. The van der Waals surface area contributed by atoms with Crippen LogP contribution in [0.25, 0.3) is 10.2 Å². The molecule has 6 nitrogen and oxygen atoms in total. The van der Waals surface area contributed by atoms with Gasteiger partial charge in [0.15, 0.2) is 5.78 Å². The highest BCUT2D eigenvalue weighted by atomic mass is 127. The largest absolute Gasteiger partial charge is 0.448 e. The van der Waals surface area contributed by atoms with Crippen molar-refractivity contribution < 1.29 is 14.3 Å². The lowest BCUT2D eigenvalue weighted by atomic mass is 9.89. The molecule has 1 saturated heterocycles. The minimum atomic E-state index is -0.464. The van der Waals surface area contributed by atoms with Gasteiger partial charge in [0.05, 0.1) is 15.7 Å². The number of ether oxygens (including phenoxy) is 1. The van der Waals surface area contributed by atoms with E-state index in [0.717, 1.165) is 45.3 Å². The predicted octanol–water partition coefficient (Wildman–Crippen LogP) is 5.04. The number of piperidine rings is 1. The Balaban J connectivity index is 1.18. The van der Waals surface area contributed by atoms with Gasteiger partial charge in [-0.05, 0) is 78.9 Å². The summed E-state index contributed by atoms with van der Waals surface area (Å²) in [5, 5.41) is 2.75. The molecule has 1 aliphatic rings. The number of carbonyl (C=O) groups is 2. The number of thiazole rings is 1. The number of nitrogens with one attached hydrogen (secondary N) is 1. The molecule has 8 heteroatoms. The van der Waals surface area contributed by atoms with Crippen molar-refractivity contribution in [3.8, 4) is 0 Å². The fraction of sp³-hybridized carbons (Fsp3) is 0.318. The molecule has 0 atom stereocenters. The van der Waals surface area contributed by atoms with E-state index in [-0.39, 0.29) is 11.7 Å². The smallest absolute Gasteiger partial charge is 0.411 e. The van der Waals surface area contributed by atoms with Crippen LogP contribution in [-0.4, -0.2) is 48.0 Å². The van der Waals surface area contributed by atoms with E-state index in [1.807, 2.05) is 42.5 Å². The van der Waals surface area contributed by atoms with E-state index in [9.17, 15) is 9.59 Å². The van der Waals surface area contributed by atoms with E-state index in [1.165, 1.54) is 0 Å². The number of rotatable bonds is 6. The molecular weight excluding hydrogens is 513 g/mol. The number of fused-ring (bicyclic) bond motifs is 1. The van der Waals surface area contributed by atoms with Gasteiger partial charge in [0.25, 0.3) is 0 Å². The number of ketones is 1. The van der Waals surface area contributed by atoms with Crippen molar-refractivity contribution in [2.45, 2.75) is 12.8 Å². The molecule has 0 spiro atoms. The van der Waals surface area contributed by atoms with Gasteiger partial charge in [0.1, 0.15) is 6.61 Å². The number of hydrogen-bond donors (Lipinski definition) is 1. The molecule has 2 heterocycles. The maximum absolute atomic E-state index is 12.7. The minimum Gasteiger partial charge on any atom is -0.448 e. The number of hydrogen-bond acceptors (Lipinski definition) is 6. The Bertz CT molecular complexity index is 1030. The van der Waals surface area contributed by atoms with Gasteiger partial charge in [-0.2, -0.15) is 0 Å². The SMILES string of the molecule is O=C(Nc1ccc2scnc2c1)OCCN1CCC(C(=O)c2ccc(I)cc2)CC1. The summed E-state index contributed by atoms with van der Waals surface area (Å²) in [6, 6.07) is 13.4. The highest BCUT2D eigenvalue weighted by molar-refractivity contribution is 14.1. The first-order valence-electron chi connectivity index (χ1n) is 9.87. The van der Waals surface area contributed by atoms with Crippen molar-refractivity contribution in [1.82, 2.24) is 9.88 Å². The monoisotopic (exact) mass is 535 g/mol. The molecule has 0 radical (unpaired) electrons. The number of benzene rings is 2. The normalized spacial score (nSPS) is 15.2. The summed E-state index contributed by atoms with van der Waals surface area (Å²) >= 11 is 3.81. The lowest BCUT2D eigenvalue weighted by Gasteiger charge is -2.31. The molecule has 1 N–H and O–H groups in total. The van der Waals surface area contributed by atoms with Crippen molar-refractivity contribution in [1.29, 1.82) is 0 Å². The Morgan fingerprint density at radius 3 is 2.70 bits per heavy atom. The third-order valence-electron chi connectivity index (χ3n) is 5.30. The van der Waals surface area contributed by atoms with Gasteiger partial charge >= 0.3 is 6.09 Å². The van der Waals surface area contributed by atoms with Crippen molar-refractivity contribution in [2.75, 3.05) is 31.6 Å². The molecule has 4 rings (SSSR count). The second kappa shape index (κ2) is 9.84. The summed E-state index contributed by atoms with van der Waals surface area (Å²) < 4.78 is 7.53. The maximum Gasteiger partial charge on any atom is 0.411 e. The van der Waals surface area contributed by atoms with Crippen LogP contribution in [0.5, 0.6) is 0 Å². The number of aromatic nitrogens is 1. The number of anilines is 1. The second-order valence-electron chi connectivity index (χ2n) is 7.28. The highest BCUT2D eigenvalue weighted by Gasteiger charge is 2.25. The lowest BCUT2D eigenvalue weighted by molar-refractivity contribution is 0.0813. The fourth-order valence-corrected chi connectivity index (χ4v) is 4.64. The molecule has 156 valence electrons. The predicted molar refractivity (Wildman–Crippen MR) is 127 cm³/mol. The summed E-state index contributed by atoms with van der Waals surface area (Å²) in [4.78, 5) is 31.2. The molecule has 0 saturated carbocycles. The van der Waals surface area contributed by atoms with Gasteiger partial charge in [-0.3, -0.25) is 15.0 Å². The van der Waals surface area contributed by atoms with E-state index in [2.05, 4.69) is 37.8 Å². The van der Waals surface area contributed by atoms with Crippen LogP contribution < -0.4 is 5.32 Å². The molecule has 0 bridgehead atoms. The van der Waals surface area contributed by atoms with Crippen LogP contribution in [0.2, 0.25) is 0 Å². The van der Waals surface area contributed by atoms with Crippen LogP contribution >= 0.6 is 33.9 Å². The van der Waals surface area contributed by atoms with Crippen LogP contribution in [-0.2, 0) is 4.74 Å². The first kappa shape index (κ1) is 21.2. The quantitative estimate of drug-likeness (QED) is 0.354. The first-order chi connectivity index (χ1) is 14.6. The van der Waals surface area contributed by atoms with Gasteiger partial charge in [0.2, 0.25) is 0 Å². The van der Waals surface area contributed by atoms with Gasteiger partial charge in [-0.1, -0.05) is 12.1 Å². The molecule has 1 aromatic heterocycles. The Hall–Kier alpha value is -2.04. The Labute approximate surface area is 192 Å². The van der Waals surface area contributed by atoms with E-state index in [0.29, 0.717) is 18.8 Å². The van der Waals surface area contributed by atoms with E-state index < -0.39 is 6.09 Å². The van der Waals surface area contributed by atoms with E-state index in [4.69, 9.17) is 4.74 Å². The summed E-state index contributed by atoms with van der Waals surface area (Å²) in [6.45, 7) is 2.67. The van der Waals surface area contributed by atoms with Crippen molar-refractivity contribution in [3.63, 3.8) is 0 Å². The standard InChI is InChI=1S/C22H22IN3O3S/c23-17-3-1-15(2-4-17)21(27)16-7-9-26(10-8-16)11-12-29-22(28)25-18-5-6-20-19(13-18)24-14-30-20/h1-6,13-14,16H,7-12H2,(H,25,28). The molecule has 2 aromatic carbocycles. The van der Waals surface area contributed by atoms with Crippen LogP contribution in [0.3, 0.4) is 0 Å². The van der Waals surface area contributed by atoms with Crippen LogP contribution in [0.1, 0.15) is 23.2 Å². The van der Waals surface area contributed by atoms with Crippen LogP contribution in [0.15, 0.2) is 48.0 Å². The summed E-state index contributed by atoms with van der Waals surface area (Å²) in [7, 11) is 0. The van der Waals surface area contributed by atoms with Gasteiger partial charge < -0.3 is 4.74 Å². The van der Waals surface area contributed by atoms with Crippen molar-refractivity contribution in [3.05, 3.63) is 57.1 Å². The summed E-state index contributed by atoms with van der Waals surface area (Å²) in [5.41, 5.74) is 4.11. The number of halogens is 1. The number of amides is 1. The van der Waals surface area contributed by atoms with Crippen LogP contribution in [0, 0.1) is 9.49 Å². The van der Waals surface area contributed by atoms with E-state index in [1.54, 1.807) is 16.8 Å². The van der Waals surface area contributed by atoms with Gasteiger partial charge in [-0.15, -0.1) is 11.3 Å². The molecule has 3 aromatic rings. The fourth-order valence-electron chi connectivity index (χ4n) is 3.63. The van der Waals surface area contributed by atoms with E-state index >= 15 is 0 Å². The second-order valence-corrected chi connectivity index (χ2v) is 9.41. The average Bonchev–Trinajstić information content (AvgIpc) is 3.22. The Morgan fingerprint density at radius 1 is 1.17 bits per heavy atom. The molecule has 0 aliphatic carbocycles. The molecule has 30 heavy (non-hydrogen) atoms. The zero-order chi connectivity index (χ0) is 20.9. The first-order valence-corrected chi connectivity index (χ1v) is 11.8. The third kappa shape index (κ3) is 5.35. The molecule has 1 fully saturated rings. The zero-order valence-corrected chi connectivity index (χ0v) is 19.3. The highest BCUT2D eigenvalue weighted by Crippen LogP contribution is 2.23. The summed E-state index contributed by atoms with van der Waals surface area (Å²) in [6.07, 6.45) is 1.21. The number of Topliss-reactive ketones (excluding diaryl/α,β-unsaturated/α-hetero) is 1. The number of carbonyl (C=O) groups excluding carboxylic acids is 2. The molecule has 1 amide bonds. The summed E-state index contributed by atoms with van der Waals surface area (Å²) in [5.74, 6) is 0.310. The van der Waals surface area contributed by atoms with Gasteiger partial charge in [-0.25, -0.2) is 9.78 Å². The third-order valence-corrected chi connectivity index (χ3v) is 6.83. The topological polar surface area (TPSA) is 71.5 Å². The number of nitrogens with zero attached hydrogens (tertiary/aromatic N) is 2. The molecular formula is C22H22IN3O3S. The minimum absolute atomic E-state index is 0.0751. The zero-order valence-electron chi connectivity index (χ0n) is 16.3. The van der Waals surface area contributed by atoms with Crippen molar-refractivity contribution in [2.24, 2.45) is 5.92 Å². The Morgan fingerprint density at radius 2 is 1.93 bits per heavy atom. The molecule has 0 unspecified atom stereocenters. The number of likely N-dealkylation sites (tertiary alicyclic amines) is 1. The van der Waals surface area contributed by atoms with Gasteiger partial charge in [0, 0.05) is 27.3 Å². The Kier molecular flexibility index (Phi) is 6.96.